The van der Waals surface area contributed by atoms with Crippen molar-refractivity contribution in [3.05, 3.63) is 35.4 Å². The minimum atomic E-state index is -0.957. The number of carbonyl (C=O) groups is 2. The predicted molar refractivity (Wildman–Crippen MR) is 60.7 cm³/mol. The highest BCUT2D eigenvalue weighted by Crippen LogP contribution is 2.12. The van der Waals surface area contributed by atoms with E-state index in [-0.39, 0.29) is 11.1 Å². The molecular formula is C12H14O6. The van der Waals surface area contributed by atoms with Gasteiger partial charge in [-0.2, -0.15) is 10.1 Å². The molecule has 0 atom stereocenters. The lowest BCUT2D eigenvalue weighted by Gasteiger charge is -2.16. The van der Waals surface area contributed by atoms with Crippen LogP contribution in [-0.2, 0) is 14.7 Å². The Bertz CT molecular complexity index is 446. The van der Waals surface area contributed by atoms with Crippen LogP contribution in [0.3, 0.4) is 0 Å². The van der Waals surface area contributed by atoms with Crippen LogP contribution in [0.25, 0.3) is 0 Å². The molecule has 0 aliphatic rings. The zero-order valence-corrected chi connectivity index (χ0v) is 10.3. The average molecular weight is 254 g/mol. The van der Waals surface area contributed by atoms with E-state index in [1.165, 1.54) is 24.3 Å². The van der Waals surface area contributed by atoms with E-state index in [2.05, 4.69) is 9.78 Å². The number of hydrogen-bond donors (Lipinski definition) is 1. The summed E-state index contributed by atoms with van der Waals surface area (Å²) >= 11 is 0. The summed E-state index contributed by atoms with van der Waals surface area (Å²) in [5.41, 5.74) is -0.484. The molecule has 6 heteroatoms. The first-order valence-corrected chi connectivity index (χ1v) is 5.19. The Morgan fingerprint density at radius 3 is 2.17 bits per heavy atom. The summed E-state index contributed by atoms with van der Waals surface area (Å²) in [6.45, 7) is 5.17. The Kier molecular flexibility index (Phi) is 4.41. The fourth-order valence-electron chi connectivity index (χ4n) is 1.04. The van der Waals surface area contributed by atoms with Gasteiger partial charge >= 0.3 is 11.9 Å². The summed E-state index contributed by atoms with van der Waals surface area (Å²) < 4.78 is 0. The molecule has 0 aromatic heterocycles. The van der Waals surface area contributed by atoms with Crippen LogP contribution in [0.1, 0.15) is 41.5 Å². The van der Waals surface area contributed by atoms with Crippen molar-refractivity contribution in [3.8, 4) is 0 Å². The van der Waals surface area contributed by atoms with Crippen molar-refractivity contribution in [2.24, 2.45) is 0 Å². The molecule has 1 N–H and O–H groups in total. The zero-order valence-electron chi connectivity index (χ0n) is 10.3. The van der Waals surface area contributed by atoms with Gasteiger partial charge in [-0.15, -0.1) is 0 Å². The molecule has 18 heavy (non-hydrogen) atoms. The molecule has 0 unspecified atom stereocenters. The Morgan fingerprint density at radius 2 is 1.67 bits per heavy atom. The quantitative estimate of drug-likeness (QED) is 0.657. The second-order valence-corrected chi connectivity index (χ2v) is 4.53. The third-order valence-electron chi connectivity index (χ3n) is 1.78. The molecule has 0 aliphatic carbocycles. The van der Waals surface area contributed by atoms with Crippen LogP contribution in [0.2, 0.25) is 0 Å². The molecule has 0 saturated carbocycles. The smallest absolute Gasteiger partial charge is 0.296 e. The molecule has 1 aromatic rings. The monoisotopic (exact) mass is 254 g/mol. The first-order chi connectivity index (χ1) is 8.33. The normalized spacial score (nSPS) is 10.9. The summed E-state index contributed by atoms with van der Waals surface area (Å²) in [4.78, 5) is 35.7. The molecule has 0 radical (unpaired) electrons. The minimum absolute atomic E-state index is 0.0303. The maximum atomic E-state index is 11.6. The van der Waals surface area contributed by atoms with Gasteiger partial charge in [-0.05, 0) is 39.0 Å². The fraction of sp³-hybridized carbons (Fsp3) is 0.333. The van der Waals surface area contributed by atoms with Crippen LogP contribution >= 0.6 is 0 Å². The van der Waals surface area contributed by atoms with Gasteiger partial charge in [-0.25, -0.2) is 9.59 Å². The largest absolute Gasteiger partial charge is 0.373 e. The van der Waals surface area contributed by atoms with Crippen molar-refractivity contribution < 1.29 is 29.5 Å². The van der Waals surface area contributed by atoms with Gasteiger partial charge in [-0.1, -0.05) is 6.07 Å². The van der Waals surface area contributed by atoms with Gasteiger partial charge in [0, 0.05) is 0 Å². The second-order valence-electron chi connectivity index (χ2n) is 4.53. The molecule has 0 spiro atoms. The number of benzene rings is 1. The van der Waals surface area contributed by atoms with Crippen molar-refractivity contribution in [1.29, 1.82) is 0 Å². The van der Waals surface area contributed by atoms with Crippen molar-refractivity contribution in [2.75, 3.05) is 0 Å². The second kappa shape index (κ2) is 5.61. The fourth-order valence-corrected chi connectivity index (χ4v) is 1.04. The summed E-state index contributed by atoms with van der Waals surface area (Å²) in [7, 11) is 0. The molecule has 0 aliphatic heterocycles. The van der Waals surface area contributed by atoms with Gasteiger partial charge < -0.3 is 0 Å². The molecule has 1 aromatic carbocycles. The molecule has 1 rings (SSSR count). The predicted octanol–water partition coefficient (Wildman–Crippen LogP) is 2.20. The number of carbonyl (C=O) groups excluding carboxylic acids is 2. The van der Waals surface area contributed by atoms with Gasteiger partial charge in [-0.3, -0.25) is 9.78 Å². The molecule has 0 bridgehead atoms. The van der Waals surface area contributed by atoms with Crippen molar-refractivity contribution in [1.82, 2.24) is 0 Å². The topological polar surface area (TPSA) is 82.1 Å². The number of rotatable bonds is 3. The summed E-state index contributed by atoms with van der Waals surface area (Å²) in [6, 6.07) is 5.52. The summed E-state index contributed by atoms with van der Waals surface area (Å²) in [6.07, 6.45) is 0. The van der Waals surface area contributed by atoms with Crippen molar-refractivity contribution >= 4 is 11.9 Å². The van der Waals surface area contributed by atoms with Crippen LogP contribution in [0, 0.1) is 0 Å². The van der Waals surface area contributed by atoms with E-state index in [1.807, 2.05) is 0 Å². The standard InChI is InChI=1S/C12H14O6/c1-12(2,3)18-17-11(14)9-6-4-5-8(7-9)10(13)16-15/h4-7,15H,1-3H3. The molecule has 6 nitrogen and oxygen atoms in total. The Morgan fingerprint density at radius 1 is 1.11 bits per heavy atom. The van der Waals surface area contributed by atoms with Crippen molar-refractivity contribution in [3.63, 3.8) is 0 Å². The minimum Gasteiger partial charge on any atom is -0.296 e. The highest BCUT2D eigenvalue weighted by atomic mass is 17.2. The van der Waals surface area contributed by atoms with E-state index in [0.717, 1.165) is 0 Å². The van der Waals surface area contributed by atoms with Crippen LogP contribution in [0.4, 0.5) is 0 Å². The first-order valence-electron chi connectivity index (χ1n) is 5.19. The third kappa shape index (κ3) is 4.15. The molecule has 98 valence electrons. The Balaban J connectivity index is 2.77. The Labute approximate surface area is 104 Å². The first kappa shape index (κ1) is 14.1. The average Bonchev–Trinajstić information content (AvgIpc) is 2.34. The maximum absolute atomic E-state index is 11.6. The molecular weight excluding hydrogens is 240 g/mol. The molecule has 0 fully saturated rings. The lowest BCUT2D eigenvalue weighted by atomic mass is 10.1. The van der Waals surface area contributed by atoms with Crippen LogP contribution < -0.4 is 0 Å². The SMILES string of the molecule is CC(C)(C)OOC(=O)c1cccc(C(=O)OO)c1. The van der Waals surface area contributed by atoms with Gasteiger partial charge in [0.1, 0.15) is 5.60 Å². The summed E-state index contributed by atoms with van der Waals surface area (Å²) in [5, 5.41) is 8.24. The maximum Gasteiger partial charge on any atom is 0.373 e. The highest BCUT2D eigenvalue weighted by Gasteiger charge is 2.18. The van der Waals surface area contributed by atoms with Crippen LogP contribution in [-0.4, -0.2) is 22.8 Å². The zero-order chi connectivity index (χ0) is 13.8. The molecule has 0 saturated heterocycles. The lowest BCUT2D eigenvalue weighted by Crippen LogP contribution is -2.22. The lowest BCUT2D eigenvalue weighted by molar-refractivity contribution is -0.301. The van der Waals surface area contributed by atoms with E-state index < -0.39 is 17.5 Å². The van der Waals surface area contributed by atoms with Crippen LogP contribution in [0.5, 0.6) is 0 Å². The molecule has 0 heterocycles. The van der Waals surface area contributed by atoms with E-state index in [4.69, 9.17) is 10.1 Å². The van der Waals surface area contributed by atoms with E-state index in [1.54, 1.807) is 20.8 Å². The highest BCUT2D eigenvalue weighted by molar-refractivity contribution is 5.94. The Hall–Kier alpha value is -1.92. The van der Waals surface area contributed by atoms with Crippen LogP contribution in [0.15, 0.2) is 24.3 Å². The van der Waals surface area contributed by atoms with Gasteiger partial charge in [0.25, 0.3) is 0 Å². The van der Waals surface area contributed by atoms with Crippen molar-refractivity contribution in [2.45, 2.75) is 26.4 Å². The van der Waals surface area contributed by atoms with E-state index in [9.17, 15) is 9.59 Å². The van der Waals surface area contributed by atoms with Gasteiger partial charge in [0.2, 0.25) is 0 Å². The van der Waals surface area contributed by atoms with Gasteiger partial charge in [0.15, 0.2) is 0 Å². The van der Waals surface area contributed by atoms with Gasteiger partial charge in [0.05, 0.1) is 11.1 Å². The molecule has 0 amide bonds. The van der Waals surface area contributed by atoms with E-state index >= 15 is 0 Å². The number of hydrogen-bond acceptors (Lipinski definition) is 6. The summed E-state index contributed by atoms with van der Waals surface area (Å²) in [5.74, 6) is -1.70. The third-order valence-corrected chi connectivity index (χ3v) is 1.78. The van der Waals surface area contributed by atoms with E-state index in [0.29, 0.717) is 0 Å².